The van der Waals surface area contributed by atoms with Crippen molar-refractivity contribution in [3.05, 3.63) is 128 Å². The van der Waals surface area contributed by atoms with E-state index in [-0.39, 0.29) is 0 Å². The van der Waals surface area contributed by atoms with Gasteiger partial charge in [-0.15, -0.1) is 0 Å². The fraction of sp³-hybridized carbons (Fsp3) is 0.194. The molecule has 2 nitrogen and oxygen atoms in total. The van der Waals surface area contributed by atoms with E-state index in [4.69, 9.17) is 27.9 Å². The lowest BCUT2D eigenvalue weighted by molar-refractivity contribution is 0.399. The van der Waals surface area contributed by atoms with Gasteiger partial charge in [0.1, 0.15) is 24.6 Å². The maximum Gasteiger partial charge on any atom is 0.206 e. The molecule has 0 aliphatic carbocycles. The summed E-state index contributed by atoms with van der Waals surface area (Å²) in [6, 6.07) is 20.4. The lowest BCUT2D eigenvalue weighted by atomic mass is 9.95. The topological polar surface area (TPSA) is 12.2 Å². The first-order valence-electron chi connectivity index (χ1n) is 12.2. The summed E-state index contributed by atoms with van der Waals surface area (Å²) >= 11 is 12.3. The number of aryl methyl sites for hydroxylation is 2. The van der Waals surface area contributed by atoms with Gasteiger partial charge in [-0.2, -0.15) is 0 Å². The maximum atomic E-state index is 6.34. The molecule has 0 unspecified atom stereocenters. The molecule has 0 amide bonds. The Labute approximate surface area is 215 Å². The number of benzene rings is 3. The highest BCUT2D eigenvalue weighted by Gasteiger charge is 2.23. The SMILES string of the molecule is Clc1ccc(C2=CC(=CC=c3cc4c5c(c3)CCC[N+]=5CCC4)OC(c3ccc(Cl)cc3)=C2)cc1. The van der Waals surface area contributed by atoms with Gasteiger partial charge in [-0.05, 0) is 96.0 Å². The van der Waals surface area contributed by atoms with E-state index in [2.05, 4.69) is 41.0 Å². The molecule has 3 aromatic rings. The van der Waals surface area contributed by atoms with E-state index < -0.39 is 0 Å². The Morgan fingerprint density at radius 2 is 1.31 bits per heavy atom. The van der Waals surface area contributed by atoms with E-state index in [0.717, 1.165) is 46.1 Å². The predicted octanol–water partition coefficient (Wildman–Crippen LogP) is 6.20. The second kappa shape index (κ2) is 9.53. The Bertz CT molecular complexity index is 1470. The summed E-state index contributed by atoms with van der Waals surface area (Å²) in [5, 5.41) is 4.17. The zero-order valence-corrected chi connectivity index (χ0v) is 20.9. The van der Waals surface area contributed by atoms with Gasteiger partial charge in [0.2, 0.25) is 5.36 Å². The normalized spacial score (nSPS) is 17.9. The number of allylic oxidation sites excluding steroid dienone is 4. The lowest BCUT2D eigenvalue weighted by Crippen LogP contribution is -2.44. The van der Waals surface area contributed by atoms with Gasteiger partial charge in [0.15, 0.2) is 0 Å². The molecule has 0 spiro atoms. The molecule has 3 aliphatic heterocycles. The lowest BCUT2D eigenvalue weighted by Gasteiger charge is -2.19. The number of ether oxygens (including phenoxy) is 1. The van der Waals surface area contributed by atoms with Crippen LogP contribution in [0.2, 0.25) is 10.0 Å². The third-order valence-electron chi connectivity index (χ3n) is 6.91. The third kappa shape index (κ3) is 4.74. The summed E-state index contributed by atoms with van der Waals surface area (Å²) in [5.74, 6) is 1.60. The highest BCUT2D eigenvalue weighted by Crippen LogP contribution is 2.32. The predicted molar refractivity (Wildman–Crippen MR) is 146 cm³/mol. The summed E-state index contributed by atoms with van der Waals surface area (Å²) in [6.45, 7) is 2.39. The maximum absolute atomic E-state index is 6.34. The summed E-state index contributed by atoms with van der Waals surface area (Å²) in [7, 11) is 0. The standard InChI is InChI=1S/C31H26Cl2NO/c32-27-10-6-22(7-11-27)26-19-29(35-30(20-26)23-8-12-28(33)13-9-23)14-5-21-17-24-3-1-15-34-16-2-4-25(18-21)31(24)34/h5-14,17-20H,1-4,15-16H2/q+1. The molecule has 0 bridgehead atoms. The van der Waals surface area contributed by atoms with Gasteiger partial charge in [0, 0.05) is 39.6 Å². The van der Waals surface area contributed by atoms with Crippen molar-refractivity contribution in [3.63, 3.8) is 0 Å². The summed E-state index contributed by atoms with van der Waals surface area (Å²) in [6.07, 6.45) is 13.2. The number of nitrogens with zero attached hydrogens (tertiary/aromatic N) is 1. The van der Waals surface area contributed by atoms with Crippen molar-refractivity contribution in [2.45, 2.75) is 25.7 Å². The molecule has 0 saturated carbocycles. The number of halogens is 2. The molecule has 0 saturated heterocycles. The molecule has 0 aromatic heterocycles. The van der Waals surface area contributed by atoms with Gasteiger partial charge in [-0.3, -0.25) is 0 Å². The van der Waals surface area contributed by atoms with Gasteiger partial charge in [0.05, 0.1) is 0 Å². The molecule has 3 aliphatic rings. The molecule has 3 heterocycles. The molecule has 4 heteroatoms. The van der Waals surface area contributed by atoms with E-state index in [0.29, 0.717) is 5.02 Å². The molecule has 174 valence electrons. The van der Waals surface area contributed by atoms with Gasteiger partial charge in [-0.1, -0.05) is 41.4 Å². The minimum absolute atomic E-state index is 0.706. The molecular formula is C31H26Cl2NO+. The van der Waals surface area contributed by atoms with Crippen LogP contribution in [-0.2, 0) is 17.6 Å². The molecule has 0 fully saturated rings. The highest BCUT2D eigenvalue weighted by molar-refractivity contribution is 6.30. The van der Waals surface area contributed by atoms with Crippen LogP contribution in [0.1, 0.15) is 35.1 Å². The zero-order valence-electron chi connectivity index (χ0n) is 19.4. The zero-order chi connectivity index (χ0) is 23.8. The van der Waals surface area contributed by atoms with Crippen LogP contribution in [-0.4, -0.2) is 13.1 Å². The van der Waals surface area contributed by atoms with Crippen molar-refractivity contribution < 1.29 is 4.74 Å². The monoisotopic (exact) mass is 498 g/mol. The molecule has 6 rings (SSSR count). The molecule has 0 N–H and O–H groups in total. The van der Waals surface area contributed by atoms with Crippen LogP contribution >= 0.6 is 23.2 Å². The second-order valence-corrected chi connectivity index (χ2v) is 10.2. The Morgan fingerprint density at radius 3 is 1.94 bits per heavy atom. The molecule has 0 radical (unpaired) electrons. The Morgan fingerprint density at radius 1 is 0.714 bits per heavy atom. The number of hydrogen-bond acceptors (Lipinski definition) is 1. The van der Waals surface area contributed by atoms with Crippen LogP contribution in [0.5, 0.6) is 0 Å². The first-order valence-corrected chi connectivity index (χ1v) is 13.0. The molecule has 35 heavy (non-hydrogen) atoms. The smallest absolute Gasteiger partial charge is 0.206 e. The first-order chi connectivity index (χ1) is 17.1. The Balaban J connectivity index is 1.42. The van der Waals surface area contributed by atoms with E-state index in [1.165, 1.54) is 47.6 Å². The highest BCUT2D eigenvalue weighted by atomic mass is 35.5. The molecular weight excluding hydrogens is 473 g/mol. The summed E-state index contributed by atoms with van der Waals surface area (Å²) < 4.78 is 8.92. The fourth-order valence-electron chi connectivity index (χ4n) is 5.27. The summed E-state index contributed by atoms with van der Waals surface area (Å²) in [4.78, 5) is 0. The Kier molecular flexibility index (Phi) is 6.10. The van der Waals surface area contributed by atoms with E-state index in [1.54, 1.807) is 0 Å². The van der Waals surface area contributed by atoms with Crippen molar-refractivity contribution in [2.24, 2.45) is 0 Å². The van der Waals surface area contributed by atoms with E-state index >= 15 is 0 Å². The van der Waals surface area contributed by atoms with Gasteiger partial charge < -0.3 is 4.74 Å². The van der Waals surface area contributed by atoms with Crippen LogP contribution in [0.4, 0.5) is 0 Å². The summed E-state index contributed by atoms with van der Waals surface area (Å²) in [5.41, 5.74) is 6.13. The van der Waals surface area contributed by atoms with Crippen molar-refractivity contribution in [1.29, 1.82) is 0 Å². The molecule has 3 aromatic carbocycles. The van der Waals surface area contributed by atoms with E-state index in [1.807, 2.05) is 48.5 Å². The van der Waals surface area contributed by atoms with Crippen molar-refractivity contribution in [3.8, 4) is 0 Å². The Hall–Kier alpha value is -3.07. The molecule has 0 atom stereocenters. The minimum Gasteiger partial charge on any atom is -0.457 e. The quantitative estimate of drug-likeness (QED) is 0.391. The number of hydrogen-bond donors (Lipinski definition) is 0. The first kappa shape index (κ1) is 22.4. The largest absolute Gasteiger partial charge is 0.457 e. The second-order valence-electron chi connectivity index (χ2n) is 9.34. The van der Waals surface area contributed by atoms with Gasteiger partial charge >= 0.3 is 0 Å². The van der Waals surface area contributed by atoms with E-state index in [9.17, 15) is 0 Å². The van der Waals surface area contributed by atoms with Gasteiger partial charge in [-0.25, -0.2) is 4.58 Å². The van der Waals surface area contributed by atoms with Crippen LogP contribution in [0.25, 0.3) is 17.4 Å². The third-order valence-corrected chi connectivity index (χ3v) is 7.42. The fourth-order valence-corrected chi connectivity index (χ4v) is 5.53. The van der Waals surface area contributed by atoms with Crippen LogP contribution in [0.3, 0.4) is 0 Å². The van der Waals surface area contributed by atoms with Crippen LogP contribution in [0.15, 0.2) is 84.7 Å². The van der Waals surface area contributed by atoms with Crippen molar-refractivity contribution in [2.75, 3.05) is 13.1 Å². The number of rotatable bonds is 3. The van der Waals surface area contributed by atoms with Crippen molar-refractivity contribution in [1.82, 2.24) is 4.58 Å². The average Bonchev–Trinajstić information content (AvgIpc) is 2.88. The minimum atomic E-state index is 0.706. The van der Waals surface area contributed by atoms with Gasteiger partial charge in [0.25, 0.3) is 0 Å². The van der Waals surface area contributed by atoms with Crippen molar-refractivity contribution >= 4 is 40.6 Å². The average molecular weight is 499 g/mol. The van der Waals surface area contributed by atoms with Crippen LogP contribution in [0, 0.1) is 0 Å². The van der Waals surface area contributed by atoms with Crippen LogP contribution < -0.4 is 15.2 Å².